The molecule has 2 fully saturated rings. The van der Waals surface area contributed by atoms with E-state index in [1.165, 1.54) is 36.4 Å². The zero-order chi connectivity index (χ0) is 22.7. The van der Waals surface area contributed by atoms with Gasteiger partial charge in [-0.05, 0) is 62.8 Å². The molecular weight excluding hydrogens is 434 g/mol. The molecule has 2 saturated carbocycles. The lowest BCUT2D eigenvalue weighted by Crippen LogP contribution is -2.25. The highest BCUT2D eigenvalue weighted by molar-refractivity contribution is 7.92. The summed E-state index contributed by atoms with van der Waals surface area (Å²) in [5.41, 5.74) is 0.377. The average molecular weight is 458 g/mol. The summed E-state index contributed by atoms with van der Waals surface area (Å²) >= 11 is 0. The van der Waals surface area contributed by atoms with Crippen LogP contribution in [0.3, 0.4) is 0 Å². The van der Waals surface area contributed by atoms with Crippen LogP contribution in [0.2, 0.25) is 0 Å². The molecule has 2 N–H and O–H groups in total. The average Bonchev–Trinajstić information content (AvgIpc) is 3.52. The molecule has 168 valence electrons. The smallest absolute Gasteiger partial charge is 0.337 e. The lowest BCUT2D eigenvalue weighted by atomic mass is 10.1. The highest BCUT2D eigenvalue weighted by atomic mass is 32.2. The van der Waals surface area contributed by atoms with Crippen molar-refractivity contribution in [3.8, 4) is 0 Å². The molecule has 0 spiro atoms. The number of oxime groups is 1. The normalized spacial score (nSPS) is 17.2. The van der Waals surface area contributed by atoms with E-state index < -0.39 is 21.7 Å². The van der Waals surface area contributed by atoms with Crippen LogP contribution in [0.1, 0.15) is 54.4 Å². The maximum absolute atomic E-state index is 12.9. The van der Waals surface area contributed by atoms with Gasteiger partial charge < -0.3 is 15.3 Å². The molecule has 0 bridgehead atoms. The molecule has 0 atom stereocenters. The van der Waals surface area contributed by atoms with E-state index in [1.807, 2.05) is 0 Å². The van der Waals surface area contributed by atoms with Gasteiger partial charge in [0.1, 0.15) is 11.9 Å². The number of carboxylic acids is 1. The molecule has 1 heterocycles. The largest absolute Gasteiger partial charge is 0.478 e. The van der Waals surface area contributed by atoms with Gasteiger partial charge in [0, 0.05) is 11.8 Å². The van der Waals surface area contributed by atoms with Crippen LogP contribution in [0.25, 0.3) is 0 Å². The number of aromatic nitrogens is 1. The third kappa shape index (κ3) is 4.96. The number of sulfone groups is 1. The van der Waals surface area contributed by atoms with Crippen molar-refractivity contribution < 1.29 is 28.0 Å². The molecule has 0 radical (unpaired) electrons. The van der Waals surface area contributed by atoms with E-state index in [0.29, 0.717) is 18.4 Å². The van der Waals surface area contributed by atoms with Gasteiger partial charge in [0.25, 0.3) is 5.91 Å². The first-order chi connectivity index (χ1) is 15.3. The monoisotopic (exact) mass is 457 g/mol. The summed E-state index contributed by atoms with van der Waals surface area (Å²) in [7, 11) is -3.34. The summed E-state index contributed by atoms with van der Waals surface area (Å²) in [4.78, 5) is 33.7. The first-order valence-corrected chi connectivity index (χ1v) is 12.0. The van der Waals surface area contributed by atoms with Gasteiger partial charge in [-0.15, -0.1) is 0 Å². The van der Waals surface area contributed by atoms with Gasteiger partial charge in [-0.1, -0.05) is 17.3 Å². The number of carboxylic acid groups (broad SMARTS) is 1. The second-order valence-electron chi connectivity index (χ2n) is 7.91. The molecular formula is C22H23N3O6S. The predicted molar refractivity (Wildman–Crippen MR) is 116 cm³/mol. The number of carbonyl (C=O) groups excluding carboxylic acids is 1. The van der Waals surface area contributed by atoms with Crippen LogP contribution in [-0.4, -0.2) is 47.5 Å². The summed E-state index contributed by atoms with van der Waals surface area (Å²) in [5, 5.41) is 15.3. The Kier molecular flexibility index (Phi) is 6.22. The minimum Gasteiger partial charge on any atom is -0.478 e. The lowest BCUT2D eigenvalue weighted by Gasteiger charge is -2.11. The van der Waals surface area contributed by atoms with Crippen molar-refractivity contribution in [1.82, 2.24) is 4.98 Å². The molecule has 10 heteroatoms. The van der Waals surface area contributed by atoms with Crippen molar-refractivity contribution in [3.63, 3.8) is 0 Å². The SMILES string of the molecule is O=C(Nc1ccc(C(=O)O)cn1)C(=NOC1CCCC1)c1ccc(S(=O)(=O)C2CC2)cc1. The molecule has 1 aromatic heterocycles. The van der Waals surface area contributed by atoms with E-state index in [4.69, 9.17) is 9.94 Å². The number of pyridine rings is 1. The van der Waals surface area contributed by atoms with Crippen molar-refractivity contribution >= 4 is 33.2 Å². The molecule has 32 heavy (non-hydrogen) atoms. The zero-order valence-electron chi connectivity index (χ0n) is 17.2. The molecule has 2 aromatic rings. The summed E-state index contributed by atoms with van der Waals surface area (Å²) in [5.74, 6) is -1.57. The summed E-state index contributed by atoms with van der Waals surface area (Å²) < 4.78 is 24.9. The Bertz CT molecular complexity index is 1130. The van der Waals surface area contributed by atoms with E-state index in [1.54, 1.807) is 0 Å². The highest BCUT2D eigenvalue weighted by Gasteiger charge is 2.36. The van der Waals surface area contributed by atoms with Crippen LogP contribution in [0.5, 0.6) is 0 Å². The molecule has 0 aliphatic heterocycles. The van der Waals surface area contributed by atoms with E-state index in [0.717, 1.165) is 31.9 Å². The van der Waals surface area contributed by atoms with E-state index in [9.17, 15) is 18.0 Å². The predicted octanol–water partition coefficient (Wildman–Crippen LogP) is 3.02. The van der Waals surface area contributed by atoms with Crippen molar-refractivity contribution in [1.29, 1.82) is 0 Å². The van der Waals surface area contributed by atoms with Crippen LogP contribution >= 0.6 is 0 Å². The third-order valence-electron chi connectivity index (χ3n) is 5.48. The number of hydrogen-bond acceptors (Lipinski definition) is 7. The number of nitrogens with zero attached hydrogens (tertiary/aromatic N) is 2. The minimum atomic E-state index is -3.34. The standard InChI is InChI=1S/C22H23N3O6S/c26-21(24-19-12-7-15(13-23-19)22(27)28)20(25-31-16-3-1-2-4-16)14-5-8-17(9-6-14)32(29,30)18-10-11-18/h5-9,12-13,16,18H,1-4,10-11H2,(H,27,28)(H,23,24,26). The quantitative estimate of drug-likeness (QED) is 0.459. The molecule has 0 unspecified atom stereocenters. The first kappa shape index (κ1) is 21.9. The number of aromatic carboxylic acids is 1. The van der Waals surface area contributed by atoms with Crippen LogP contribution < -0.4 is 5.32 Å². The summed E-state index contributed by atoms with van der Waals surface area (Å²) in [6.45, 7) is 0. The Morgan fingerprint density at radius 3 is 2.22 bits per heavy atom. The third-order valence-corrected chi connectivity index (χ3v) is 7.76. The second kappa shape index (κ2) is 9.07. The lowest BCUT2D eigenvalue weighted by molar-refractivity contribution is -0.110. The summed E-state index contributed by atoms with van der Waals surface area (Å²) in [6.07, 6.45) is 6.20. The molecule has 2 aliphatic carbocycles. The minimum absolute atomic E-state index is 0.00563. The van der Waals surface area contributed by atoms with Gasteiger partial charge in [-0.3, -0.25) is 4.79 Å². The number of amides is 1. The fourth-order valence-corrected chi connectivity index (χ4v) is 5.15. The van der Waals surface area contributed by atoms with Gasteiger partial charge in [0.15, 0.2) is 15.5 Å². The maximum atomic E-state index is 12.9. The van der Waals surface area contributed by atoms with Crippen molar-refractivity contribution in [2.45, 2.75) is 54.8 Å². The molecule has 0 saturated heterocycles. The number of hydrogen-bond donors (Lipinski definition) is 2. The number of anilines is 1. The fourth-order valence-electron chi connectivity index (χ4n) is 3.49. The van der Waals surface area contributed by atoms with Gasteiger partial charge in [-0.25, -0.2) is 18.2 Å². The Balaban J connectivity index is 1.57. The van der Waals surface area contributed by atoms with Gasteiger partial charge in [0.2, 0.25) is 0 Å². The Morgan fingerprint density at radius 2 is 1.66 bits per heavy atom. The zero-order valence-corrected chi connectivity index (χ0v) is 18.0. The van der Waals surface area contributed by atoms with Crippen LogP contribution in [0, 0.1) is 0 Å². The molecule has 1 amide bonds. The highest BCUT2D eigenvalue weighted by Crippen LogP contribution is 2.33. The van der Waals surface area contributed by atoms with Crippen molar-refractivity contribution in [2.75, 3.05) is 5.32 Å². The number of nitrogens with one attached hydrogen (secondary N) is 1. The summed E-state index contributed by atoms with van der Waals surface area (Å²) in [6, 6.07) is 8.72. The maximum Gasteiger partial charge on any atom is 0.337 e. The molecule has 1 aromatic carbocycles. The van der Waals surface area contributed by atoms with Gasteiger partial charge in [0.05, 0.1) is 15.7 Å². The van der Waals surface area contributed by atoms with Gasteiger partial charge >= 0.3 is 5.97 Å². The Hall–Kier alpha value is -3.27. The van der Waals surface area contributed by atoms with E-state index >= 15 is 0 Å². The van der Waals surface area contributed by atoms with Crippen LogP contribution in [0.15, 0.2) is 52.6 Å². The molecule has 9 nitrogen and oxygen atoms in total. The topological polar surface area (TPSA) is 135 Å². The Labute approximate surface area is 185 Å². The van der Waals surface area contributed by atoms with Crippen LogP contribution in [-0.2, 0) is 19.5 Å². The fraction of sp³-hybridized carbons (Fsp3) is 0.364. The van der Waals surface area contributed by atoms with Crippen molar-refractivity contribution in [3.05, 3.63) is 53.7 Å². The Morgan fingerprint density at radius 1 is 1.00 bits per heavy atom. The number of carbonyl (C=O) groups is 2. The van der Waals surface area contributed by atoms with Crippen LogP contribution in [0.4, 0.5) is 5.82 Å². The van der Waals surface area contributed by atoms with Crippen molar-refractivity contribution in [2.24, 2.45) is 5.16 Å². The second-order valence-corrected chi connectivity index (χ2v) is 10.1. The number of benzene rings is 1. The van der Waals surface area contributed by atoms with Gasteiger partial charge in [-0.2, -0.15) is 0 Å². The van der Waals surface area contributed by atoms with E-state index in [2.05, 4.69) is 15.5 Å². The first-order valence-electron chi connectivity index (χ1n) is 10.4. The molecule has 2 aliphatic rings. The number of rotatable bonds is 8. The van der Waals surface area contributed by atoms with E-state index in [-0.39, 0.29) is 33.3 Å². The molecule has 4 rings (SSSR count).